The fourth-order valence-corrected chi connectivity index (χ4v) is 5.14. The fourth-order valence-electron chi connectivity index (χ4n) is 4.08. The molecule has 0 bridgehead atoms. The zero-order chi connectivity index (χ0) is 23.6. The highest BCUT2D eigenvalue weighted by molar-refractivity contribution is 7.92. The first-order valence-corrected chi connectivity index (χ1v) is 12.0. The molecular weight excluding hydrogens is 451 g/mol. The minimum atomic E-state index is -3.88. The highest BCUT2D eigenvalue weighted by Gasteiger charge is 2.52. The zero-order valence-corrected chi connectivity index (χ0v) is 18.5. The van der Waals surface area contributed by atoms with Crippen LogP contribution in [0, 0.1) is 5.82 Å². The van der Waals surface area contributed by atoms with Gasteiger partial charge in [0, 0.05) is 24.3 Å². The van der Waals surface area contributed by atoms with Crippen LogP contribution in [0.15, 0.2) is 53.4 Å². The molecule has 1 aliphatic heterocycles. The Hall–Kier alpha value is -3.47. The molecule has 1 saturated carbocycles. The van der Waals surface area contributed by atoms with E-state index in [4.69, 9.17) is 0 Å². The van der Waals surface area contributed by atoms with Crippen molar-refractivity contribution >= 4 is 39.2 Å². The quantitative estimate of drug-likeness (QED) is 0.532. The van der Waals surface area contributed by atoms with Crippen molar-refractivity contribution in [3.05, 3.63) is 54.3 Å². The van der Waals surface area contributed by atoms with Crippen LogP contribution >= 0.6 is 0 Å². The van der Waals surface area contributed by atoms with E-state index in [1.807, 2.05) is 0 Å². The lowest BCUT2D eigenvalue weighted by atomic mass is 9.98. The van der Waals surface area contributed by atoms with E-state index >= 15 is 0 Å². The monoisotopic (exact) mass is 474 g/mol. The summed E-state index contributed by atoms with van der Waals surface area (Å²) in [7, 11) is -3.88. The van der Waals surface area contributed by atoms with E-state index < -0.39 is 27.4 Å². The first-order chi connectivity index (χ1) is 15.7. The van der Waals surface area contributed by atoms with Crippen LogP contribution < -0.4 is 15.4 Å². The minimum absolute atomic E-state index is 0.0200. The lowest BCUT2D eigenvalue weighted by Crippen LogP contribution is -2.44. The van der Waals surface area contributed by atoms with Crippen LogP contribution in [-0.4, -0.2) is 43.2 Å². The molecule has 0 unspecified atom stereocenters. The summed E-state index contributed by atoms with van der Waals surface area (Å²) in [5.41, 5.74) is -0.113. The summed E-state index contributed by atoms with van der Waals surface area (Å²) in [6.07, 6.45) is 2.95. The molecule has 2 aliphatic rings. The number of hydrogen-bond donors (Lipinski definition) is 3. The van der Waals surface area contributed by atoms with Gasteiger partial charge >= 0.3 is 6.03 Å². The van der Waals surface area contributed by atoms with Crippen molar-refractivity contribution in [1.29, 1.82) is 0 Å². The Balaban J connectivity index is 1.31. The van der Waals surface area contributed by atoms with Crippen molar-refractivity contribution in [1.82, 2.24) is 10.2 Å². The highest BCUT2D eigenvalue weighted by atomic mass is 32.2. The number of sulfonamides is 1. The summed E-state index contributed by atoms with van der Waals surface area (Å²) in [5.74, 6) is -1.19. The Morgan fingerprint density at radius 2 is 1.61 bits per heavy atom. The van der Waals surface area contributed by atoms with E-state index in [9.17, 15) is 27.2 Å². The molecule has 33 heavy (non-hydrogen) atoms. The smallest absolute Gasteiger partial charge is 0.325 e. The van der Waals surface area contributed by atoms with Crippen LogP contribution in [-0.2, 0) is 19.6 Å². The number of rotatable bonds is 7. The van der Waals surface area contributed by atoms with Crippen LogP contribution in [0.25, 0.3) is 0 Å². The van der Waals surface area contributed by atoms with Gasteiger partial charge < -0.3 is 10.6 Å². The summed E-state index contributed by atoms with van der Waals surface area (Å²) in [6.45, 7) is -0.0200. The molecular formula is C22H23FN4O5S. The predicted octanol–water partition coefficient (Wildman–Crippen LogP) is 2.82. The summed E-state index contributed by atoms with van der Waals surface area (Å²) < 4.78 is 40.1. The van der Waals surface area contributed by atoms with Gasteiger partial charge in [0.1, 0.15) is 11.4 Å². The largest absolute Gasteiger partial charge is 0.326 e. The molecule has 9 nitrogen and oxygen atoms in total. The maximum absolute atomic E-state index is 13.0. The Bertz CT molecular complexity index is 1180. The highest BCUT2D eigenvalue weighted by Crippen LogP contribution is 2.35. The van der Waals surface area contributed by atoms with Gasteiger partial charge in [0.05, 0.1) is 4.90 Å². The normalized spacial score (nSPS) is 17.3. The molecule has 1 heterocycles. The van der Waals surface area contributed by atoms with E-state index in [0.717, 1.165) is 42.0 Å². The number of carbonyl (C=O) groups is 3. The average molecular weight is 475 g/mol. The van der Waals surface area contributed by atoms with Crippen LogP contribution in [0.2, 0.25) is 0 Å². The number of hydrogen-bond acceptors (Lipinski definition) is 5. The number of benzene rings is 2. The third kappa shape index (κ3) is 4.82. The van der Waals surface area contributed by atoms with Gasteiger partial charge in [-0.1, -0.05) is 12.8 Å². The lowest BCUT2D eigenvalue weighted by Gasteiger charge is -2.19. The van der Waals surface area contributed by atoms with Crippen molar-refractivity contribution in [2.75, 3.05) is 16.6 Å². The molecule has 174 valence electrons. The third-order valence-corrected chi connectivity index (χ3v) is 7.21. The Morgan fingerprint density at radius 3 is 2.24 bits per heavy atom. The standard InChI is InChI=1S/C22H23FN4O5S/c23-15-3-9-18(10-4-15)33(31,32)26-17-7-5-16(6-8-17)24-19(28)11-14-27-20(29)22(25-21(27)30)12-1-2-13-22/h3-10,26H,1-2,11-14H2,(H,24,28)(H,25,30). The third-order valence-electron chi connectivity index (χ3n) is 5.81. The van der Waals surface area contributed by atoms with E-state index in [1.54, 1.807) is 0 Å². The maximum Gasteiger partial charge on any atom is 0.325 e. The topological polar surface area (TPSA) is 125 Å². The number of amides is 4. The summed E-state index contributed by atoms with van der Waals surface area (Å²) in [5, 5.41) is 5.43. The van der Waals surface area contributed by atoms with E-state index in [0.29, 0.717) is 18.5 Å². The van der Waals surface area contributed by atoms with Gasteiger partial charge in [-0.15, -0.1) is 0 Å². The van der Waals surface area contributed by atoms with E-state index in [2.05, 4.69) is 15.4 Å². The number of nitrogens with zero attached hydrogens (tertiary/aromatic N) is 1. The minimum Gasteiger partial charge on any atom is -0.326 e. The van der Waals surface area contributed by atoms with Gasteiger partial charge in [-0.05, 0) is 61.4 Å². The van der Waals surface area contributed by atoms with Crippen molar-refractivity contribution in [2.45, 2.75) is 42.5 Å². The molecule has 0 radical (unpaired) electrons. The van der Waals surface area contributed by atoms with Crippen LogP contribution in [0.1, 0.15) is 32.1 Å². The number of anilines is 2. The van der Waals surface area contributed by atoms with Crippen molar-refractivity contribution in [2.24, 2.45) is 0 Å². The van der Waals surface area contributed by atoms with Crippen LogP contribution in [0.4, 0.5) is 20.6 Å². The van der Waals surface area contributed by atoms with E-state index in [1.165, 1.54) is 24.3 Å². The molecule has 3 N–H and O–H groups in total. The summed E-state index contributed by atoms with van der Waals surface area (Å²) in [6, 6.07) is 9.94. The second-order valence-electron chi connectivity index (χ2n) is 8.11. The molecule has 2 aromatic carbocycles. The van der Waals surface area contributed by atoms with Gasteiger partial charge in [0.25, 0.3) is 15.9 Å². The Labute approximate surface area is 190 Å². The fraction of sp³-hybridized carbons (Fsp3) is 0.318. The second-order valence-corrected chi connectivity index (χ2v) is 9.79. The Morgan fingerprint density at radius 1 is 1.00 bits per heavy atom. The number of carbonyl (C=O) groups excluding carboxylic acids is 3. The SMILES string of the molecule is O=C(CCN1C(=O)NC2(CCCC2)C1=O)Nc1ccc(NS(=O)(=O)c2ccc(F)cc2)cc1. The number of urea groups is 1. The van der Waals surface area contributed by atoms with E-state index in [-0.39, 0.29) is 35.4 Å². The molecule has 4 amide bonds. The summed E-state index contributed by atoms with van der Waals surface area (Å²) >= 11 is 0. The average Bonchev–Trinajstić information content (AvgIpc) is 3.33. The molecule has 2 aromatic rings. The zero-order valence-electron chi connectivity index (χ0n) is 17.6. The van der Waals surface area contributed by atoms with Crippen molar-refractivity contribution in [3.8, 4) is 0 Å². The first-order valence-electron chi connectivity index (χ1n) is 10.5. The first kappa shape index (κ1) is 22.7. The molecule has 0 atom stereocenters. The van der Waals surface area contributed by atoms with Crippen LogP contribution in [0.3, 0.4) is 0 Å². The molecule has 4 rings (SSSR count). The van der Waals surface area contributed by atoms with Gasteiger partial charge in [-0.25, -0.2) is 17.6 Å². The number of halogens is 1. The molecule has 11 heteroatoms. The molecule has 1 aliphatic carbocycles. The maximum atomic E-state index is 13.0. The number of imide groups is 1. The van der Waals surface area contributed by atoms with Gasteiger partial charge in [0.2, 0.25) is 5.91 Å². The predicted molar refractivity (Wildman–Crippen MR) is 118 cm³/mol. The molecule has 1 saturated heterocycles. The molecule has 1 spiro atoms. The van der Waals surface area contributed by atoms with Crippen molar-refractivity contribution < 1.29 is 27.2 Å². The molecule has 2 fully saturated rings. The van der Waals surface area contributed by atoms with Crippen LogP contribution in [0.5, 0.6) is 0 Å². The van der Waals surface area contributed by atoms with Gasteiger partial charge in [0.15, 0.2) is 0 Å². The Kier molecular flexibility index (Phi) is 6.07. The lowest BCUT2D eigenvalue weighted by molar-refractivity contribution is -0.131. The molecule has 0 aromatic heterocycles. The van der Waals surface area contributed by atoms with Gasteiger partial charge in [-0.3, -0.25) is 19.2 Å². The second kappa shape index (κ2) is 8.81. The van der Waals surface area contributed by atoms with Gasteiger partial charge in [-0.2, -0.15) is 0 Å². The summed E-state index contributed by atoms with van der Waals surface area (Å²) in [4.78, 5) is 38.1. The number of nitrogens with one attached hydrogen (secondary N) is 3. The van der Waals surface area contributed by atoms with Crippen molar-refractivity contribution in [3.63, 3.8) is 0 Å².